The van der Waals surface area contributed by atoms with Gasteiger partial charge in [-0.3, -0.25) is 9.89 Å². The molecule has 0 radical (unpaired) electrons. The lowest BCUT2D eigenvalue weighted by Gasteiger charge is -2.31. The first-order valence-corrected chi connectivity index (χ1v) is 8.28. The van der Waals surface area contributed by atoms with Crippen molar-refractivity contribution in [1.29, 1.82) is 0 Å². The minimum Gasteiger partial charge on any atom is -0.508 e. The maximum atomic E-state index is 13.0. The zero-order chi connectivity index (χ0) is 17.4. The number of phenolic OH excluding ortho intramolecular Hbond substituents is 1. The average molecular weight is 337 g/mol. The highest BCUT2D eigenvalue weighted by molar-refractivity contribution is 6.05. The fraction of sp³-hybridized carbons (Fsp3) is 0.278. The van der Waals surface area contributed by atoms with Crippen molar-refractivity contribution in [2.24, 2.45) is 0 Å². The number of hydrogen-bond acceptors (Lipinski definition) is 5. The van der Waals surface area contributed by atoms with Crippen LogP contribution in [-0.2, 0) is 0 Å². The van der Waals surface area contributed by atoms with Crippen molar-refractivity contribution in [3.63, 3.8) is 0 Å². The second kappa shape index (κ2) is 6.18. The number of rotatable bonds is 2. The number of nitrogens with zero attached hydrogens (tertiary/aromatic N) is 3. The molecule has 1 atom stereocenters. The molecule has 0 bridgehead atoms. The fourth-order valence-electron chi connectivity index (χ4n) is 3.15. The summed E-state index contributed by atoms with van der Waals surface area (Å²) in [6, 6.07) is 8.90. The van der Waals surface area contributed by atoms with Crippen molar-refractivity contribution >= 4 is 16.8 Å². The van der Waals surface area contributed by atoms with E-state index in [1.54, 1.807) is 30.5 Å². The number of H-pyrrole nitrogens is 1. The molecule has 7 heteroatoms. The van der Waals surface area contributed by atoms with Gasteiger partial charge in [0.15, 0.2) is 0 Å². The first-order chi connectivity index (χ1) is 12.1. The quantitative estimate of drug-likeness (QED) is 0.662. The Kier molecular flexibility index (Phi) is 3.85. The number of phenols is 1. The van der Waals surface area contributed by atoms with E-state index in [2.05, 4.69) is 27.4 Å². The third-order valence-corrected chi connectivity index (χ3v) is 4.46. The molecule has 4 rings (SSSR count). The van der Waals surface area contributed by atoms with Gasteiger partial charge in [-0.1, -0.05) is 0 Å². The van der Waals surface area contributed by atoms with Gasteiger partial charge in [-0.15, -0.1) is 0 Å². The van der Waals surface area contributed by atoms with Crippen LogP contribution < -0.4 is 5.32 Å². The fourth-order valence-corrected chi connectivity index (χ4v) is 3.15. The van der Waals surface area contributed by atoms with Crippen LogP contribution in [0.3, 0.4) is 0 Å². The average Bonchev–Trinajstić information content (AvgIpc) is 3.09. The van der Waals surface area contributed by atoms with Crippen LogP contribution in [0.15, 0.2) is 36.5 Å². The van der Waals surface area contributed by atoms with Gasteiger partial charge in [0.25, 0.3) is 5.91 Å². The Morgan fingerprint density at radius 1 is 1.32 bits per heavy atom. The predicted molar refractivity (Wildman–Crippen MR) is 94.4 cm³/mol. The molecule has 1 aromatic carbocycles. The summed E-state index contributed by atoms with van der Waals surface area (Å²) in [6.45, 7) is 4.16. The number of carbonyl (C=O) groups is 1. The van der Waals surface area contributed by atoms with Crippen LogP contribution in [0, 0.1) is 0 Å². The number of pyridine rings is 1. The molecule has 0 aliphatic carbocycles. The van der Waals surface area contributed by atoms with Crippen LogP contribution in [0.5, 0.6) is 5.75 Å². The maximum Gasteiger partial charge on any atom is 0.273 e. The highest BCUT2D eigenvalue weighted by Crippen LogP contribution is 2.26. The molecule has 1 unspecified atom stereocenters. The van der Waals surface area contributed by atoms with E-state index >= 15 is 0 Å². The lowest BCUT2D eigenvalue weighted by atomic mass is 10.1. The number of aromatic hydroxyl groups is 1. The smallest absolute Gasteiger partial charge is 0.273 e. The molecule has 0 saturated carbocycles. The van der Waals surface area contributed by atoms with Crippen molar-refractivity contribution in [3.8, 4) is 17.0 Å². The van der Waals surface area contributed by atoms with Crippen LogP contribution >= 0.6 is 0 Å². The number of fused-ring (bicyclic) bond motifs is 1. The lowest BCUT2D eigenvalue weighted by molar-refractivity contribution is 0.0705. The normalized spacial score (nSPS) is 17.8. The van der Waals surface area contributed by atoms with E-state index in [4.69, 9.17) is 0 Å². The van der Waals surface area contributed by atoms with Gasteiger partial charge in [-0.25, -0.2) is 4.98 Å². The van der Waals surface area contributed by atoms with Gasteiger partial charge in [0.05, 0.1) is 22.8 Å². The zero-order valence-electron chi connectivity index (χ0n) is 13.9. The van der Waals surface area contributed by atoms with E-state index in [0.717, 1.165) is 23.0 Å². The Morgan fingerprint density at radius 2 is 2.12 bits per heavy atom. The zero-order valence-corrected chi connectivity index (χ0v) is 13.9. The van der Waals surface area contributed by atoms with Crippen LogP contribution in [0.4, 0.5) is 0 Å². The molecule has 3 aromatic rings. The van der Waals surface area contributed by atoms with Crippen LogP contribution in [0.1, 0.15) is 17.4 Å². The molecule has 1 amide bonds. The molecule has 25 heavy (non-hydrogen) atoms. The van der Waals surface area contributed by atoms with Gasteiger partial charge in [0.2, 0.25) is 0 Å². The van der Waals surface area contributed by atoms with Gasteiger partial charge in [-0.2, -0.15) is 5.10 Å². The molecular formula is C18H19N5O2. The van der Waals surface area contributed by atoms with Gasteiger partial charge >= 0.3 is 0 Å². The van der Waals surface area contributed by atoms with E-state index in [-0.39, 0.29) is 17.7 Å². The van der Waals surface area contributed by atoms with Crippen LogP contribution in [-0.4, -0.2) is 56.8 Å². The molecule has 2 aromatic heterocycles. The molecular weight excluding hydrogens is 318 g/mol. The largest absolute Gasteiger partial charge is 0.508 e. The van der Waals surface area contributed by atoms with Crippen molar-refractivity contribution < 1.29 is 9.90 Å². The standard InChI is InChI=1S/C18H19N5O2/c1-11-10-23(7-6-19-11)18(25)17-14-9-20-22-16(14)8-15(21-17)12-2-4-13(24)5-3-12/h2-5,8-9,11,19,24H,6-7,10H2,1H3,(H,20,22). The molecule has 1 aliphatic rings. The first-order valence-electron chi connectivity index (χ1n) is 8.28. The van der Waals surface area contributed by atoms with Crippen molar-refractivity contribution in [1.82, 2.24) is 25.4 Å². The Hall–Kier alpha value is -2.93. The topological polar surface area (TPSA) is 94.1 Å². The van der Waals surface area contributed by atoms with E-state index in [0.29, 0.717) is 24.5 Å². The Labute approximate surface area is 144 Å². The summed E-state index contributed by atoms with van der Waals surface area (Å²) in [7, 11) is 0. The summed E-state index contributed by atoms with van der Waals surface area (Å²) in [5, 5.41) is 20.5. The number of nitrogens with one attached hydrogen (secondary N) is 2. The van der Waals surface area contributed by atoms with Gasteiger partial charge in [0.1, 0.15) is 11.4 Å². The number of hydrogen-bond donors (Lipinski definition) is 3. The lowest BCUT2D eigenvalue weighted by Crippen LogP contribution is -2.51. The van der Waals surface area contributed by atoms with E-state index in [9.17, 15) is 9.90 Å². The summed E-state index contributed by atoms with van der Waals surface area (Å²) in [5.74, 6) is 0.109. The third kappa shape index (κ3) is 2.94. The van der Waals surface area contributed by atoms with Crippen molar-refractivity contribution in [3.05, 3.63) is 42.2 Å². The molecule has 1 fully saturated rings. The number of amides is 1. The van der Waals surface area contributed by atoms with Crippen molar-refractivity contribution in [2.75, 3.05) is 19.6 Å². The first kappa shape index (κ1) is 15.6. The SMILES string of the molecule is CC1CN(C(=O)c2nc(-c3ccc(O)cc3)cc3[nH]ncc23)CCN1. The van der Waals surface area contributed by atoms with Gasteiger partial charge < -0.3 is 15.3 Å². The van der Waals surface area contributed by atoms with Gasteiger partial charge in [-0.05, 0) is 37.3 Å². The summed E-state index contributed by atoms with van der Waals surface area (Å²) in [6.07, 6.45) is 1.64. The molecule has 0 spiro atoms. The highest BCUT2D eigenvalue weighted by atomic mass is 16.3. The molecule has 1 aliphatic heterocycles. The Morgan fingerprint density at radius 3 is 2.88 bits per heavy atom. The number of piperazine rings is 1. The van der Waals surface area contributed by atoms with Crippen LogP contribution in [0.25, 0.3) is 22.2 Å². The Bertz CT molecular complexity index is 919. The number of aromatic nitrogens is 3. The minimum atomic E-state index is -0.0830. The van der Waals surface area contributed by atoms with Gasteiger partial charge in [0, 0.05) is 31.2 Å². The second-order valence-electron chi connectivity index (χ2n) is 6.34. The second-order valence-corrected chi connectivity index (χ2v) is 6.34. The van der Waals surface area contributed by atoms with E-state index < -0.39 is 0 Å². The molecule has 3 heterocycles. The number of aromatic amines is 1. The Balaban J connectivity index is 1.78. The van der Waals surface area contributed by atoms with E-state index in [1.165, 1.54) is 0 Å². The molecule has 128 valence electrons. The summed E-state index contributed by atoms with van der Waals surface area (Å²) >= 11 is 0. The number of carbonyl (C=O) groups excluding carboxylic acids is 1. The predicted octanol–water partition coefficient (Wildman–Crippen LogP) is 1.76. The summed E-state index contributed by atoms with van der Waals surface area (Å²) in [4.78, 5) is 19.5. The maximum absolute atomic E-state index is 13.0. The van der Waals surface area contributed by atoms with Crippen LogP contribution in [0.2, 0.25) is 0 Å². The van der Waals surface area contributed by atoms with Crippen molar-refractivity contribution in [2.45, 2.75) is 13.0 Å². The molecule has 7 nitrogen and oxygen atoms in total. The summed E-state index contributed by atoms with van der Waals surface area (Å²) < 4.78 is 0. The molecule has 3 N–H and O–H groups in total. The summed E-state index contributed by atoms with van der Waals surface area (Å²) in [5.41, 5.74) is 2.67. The number of benzene rings is 1. The monoisotopic (exact) mass is 337 g/mol. The van der Waals surface area contributed by atoms with E-state index in [1.807, 2.05) is 11.0 Å². The highest BCUT2D eigenvalue weighted by Gasteiger charge is 2.25. The molecule has 1 saturated heterocycles. The third-order valence-electron chi connectivity index (χ3n) is 4.46. The minimum absolute atomic E-state index is 0.0830.